The summed E-state index contributed by atoms with van der Waals surface area (Å²) < 4.78 is 0. The Bertz CT molecular complexity index is 46.2. The third-order valence-corrected chi connectivity index (χ3v) is 0.0861. The van der Waals surface area contributed by atoms with E-state index in [2.05, 4.69) is 10.8 Å². The van der Waals surface area contributed by atoms with Crippen LogP contribution in [0.5, 0.6) is 0 Å². The molecule has 0 aromatic carbocycles. The van der Waals surface area contributed by atoms with Crippen LogP contribution in [0.4, 0.5) is 0 Å². The van der Waals surface area contributed by atoms with Crippen LogP contribution >= 0.6 is 0 Å². The van der Waals surface area contributed by atoms with Crippen molar-refractivity contribution < 1.29 is 65.4 Å². The molecule has 0 aliphatic rings. The van der Waals surface area contributed by atoms with Crippen LogP contribution in [0.2, 0.25) is 0 Å². The van der Waals surface area contributed by atoms with Crippen molar-refractivity contribution in [1.82, 2.24) is 0 Å². The van der Waals surface area contributed by atoms with Crippen molar-refractivity contribution in [3.63, 3.8) is 0 Å². The first-order chi connectivity index (χ1) is 2.27. The van der Waals surface area contributed by atoms with Gasteiger partial charge in [0.1, 0.15) is 0 Å². The molecule has 7 heteroatoms. The molecule has 0 saturated carbocycles. The van der Waals surface area contributed by atoms with E-state index in [4.69, 9.17) is 10.1 Å². The summed E-state index contributed by atoms with van der Waals surface area (Å²) >= 11 is 0. The Balaban J connectivity index is -0.0000000800. The van der Waals surface area contributed by atoms with E-state index in [1.54, 1.807) is 0 Å². The van der Waals surface area contributed by atoms with Crippen molar-refractivity contribution in [2.45, 2.75) is 0 Å². The normalized spacial score (nSPS) is 4.71. The van der Waals surface area contributed by atoms with Crippen LogP contribution < -0.4 is 5.90 Å². The maximum atomic E-state index is 8.83. The van der Waals surface area contributed by atoms with E-state index in [1.165, 1.54) is 0 Å². The van der Waals surface area contributed by atoms with Gasteiger partial charge < -0.3 is 0 Å². The molecule has 0 aromatic heterocycles. The molecular weight excluding hydrogens is 477 g/mol. The molecule has 7 heavy (non-hydrogen) atoms. The zero-order chi connectivity index (χ0) is 4.28. The van der Waals surface area contributed by atoms with Gasteiger partial charge in [0.15, 0.2) is 0 Å². The Morgan fingerprint density at radius 1 is 1.57 bits per heavy atom. The summed E-state index contributed by atoms with van der Waals surface area (Å²) in [6, 6.07) is 0. The Morgan fingerprint density at radius 3 is 1.71 bits per heavy atom. The van der Waals surface area contributed by atoms with Gasteiger partial charge in [-0.15, -0.1) is 10.1 Å². The number of nitrogens with two attached hydrogens (primary N) is 1. The number of hydrogen-bond acceptors (Lipinski definition) is 4. The van der Waals surface area contributed by atoms with E-state index in [1.807, 2.05) is 0 Å². The molecule has 0 fully saturated rings. The molecule has 2 N–H and O–H groups in total. The van der Waals surface area contributed by atoms with E-state index in [-0.39, 0.29) is 55.3 Å². The average Bonchev–Trinajstić information content (AvgIpc) is 1.38. The maximum absolute atomic E-state index is 8.83. The third kappa shape index (κ3) is 19.4. The van der Waals surface area contributed by atoms with E-state index in [0.29, 0.717) is 0 Å². The van der Waals surface area contributed by atoms with E-state index < -0.39 is 5.09 Å². The van der Waals surface area contributed by atoms with Crippen LogP contribution in [0.1, 0.15) is 0 Å². The molecule has 0 atom stereocenters. The summed E-state index contributed by atoms with van der Waals surface area (Å²) in [6.07, 6.45) is 0. The predicted octanol–water partition coefficient (Wildman–Crippen LogP) is -0.937. The topological polar surface area (TPSA) is 78.4 Å². The van der Waals surface area contributed by atoms with Gasteiger partial charge in [0.05, 0.1) is 0 Å². The molecule has 0 spiro atoms. The fourth-order valence-electron chi connectivity index (χ4n) is 0. The standard InChI is InChI=1S/2Hg.H2N2O3/c;;1-5-2(3)4/h;;1H2. The number of rotatable bonds is 1. The first-order valence-electron chi connectivity index (χ1n) is 0.783. The van der Waals surface area contributed by atoms with Crippen molar-refractivity contribution >= 4 is 0 Å². The van der Waals surface area contributed by atoms with Gasteiger partial charge in [-0.3, -0.25) is 0 Å². The summed E-state index contributed by atoms with van der Waals surface area (Å²) in [7, 11) is 0. The smallest absolute Gasteiger partial charge is 0.223 e. The van der Waals surface area contributed by atoms with Gasteiger partial charge in [0.2, 0.25) is 0 Å². The molecule has 0 bridgehead atoms. The summed E-state index contributed by atoms with van der Waals surface area (Å²) in [4.78, 5) is 11.8. The summed E-state index contributed by atoms with van der Waals surface area (Å²) in [5, 5.41) is 7.73. The second kappa shape index (κ2) is 10.1. The molecule has 0 unspecified atom stereocenters. The van der Waals surface area contributed by atoms with Crippen molar-refractivity contribution in [1.29, 1.82) is 0 Å². The Hall–Kier alpha value is 1.03. The van der Waals surface area contributed by atoms with Crippen LogP contribution in [-0.2, 0) is 60.3 Å². The van der Waals surface area contributed by atoms with E-state index >= 15 is 0 Å². The number of nitrogens with zero attached hydrogens (tertiary/aromatic N) is 1. The third-order valence-electron chi connectivity index (χ3n) is 0.0861. The first kappa shape index (κ1) is 15.7. The average molecular weight is 479 g/mol. The van der Waals surface area contributed by atoms with Gasteiger partial charge in [0, 0.05) is 55.3 Å². The van der Waals surface area contributed by atoms with Crippen molar-refractivity contribution in [2.24, 2.45) is 5.90 Å². The fraction of sp³-hybridized carbons (Fsp3) is 0. The van der Waals surface area contributed by atoms with Gasteiger partial charge in [-0.2, -0.15) is 5.90 Å². The second-order valence-corrected chi connectivity index (χ2v) is 0.329. The molecule has 0 radical (unpaired) electrons. The van der Waals surface area contributed by atoms with Crippen molar-refractivity contribution in [2.75, 3.05) is 0 Å². The van der Waals surface area contributed by atoms with Gasteiger partial charge in [-0.1, -0.05) is 0 Å². The van der Waals surface area contributed by atoms with Crippen LogP contribution in [0, 0.1) is 10.1 Å². The first-order valence-corrected chi connectivity index (χ1v) is 0.783. The summed E-state index contributed by atoms with van der Waals surface area (Å²) in [5.74, 6) is 3.97. The van der Waals surface area contributed by atoms with Crippen molar-refractivity contribution in [3.05, 3.63) is 10.1 Å². The van der Waals surface area contributed by atoms with Gasteiger partial charge in [-0.25, -0.2) is 4.94 Å². The molecule has 0 rings (SSSR count). The van der Waals surface area contributed by atoms with Gasteiger partial charge in [-0.05, 0) is 0 Å². The second-order valence-electron chi connectivity index (χ2n) is 0.329. The van der Waals surface area contributed by atoms with E-state index in [0.717, 1.165) is 0 Å². The molecule has 0 heterocycles. The summed E-state index contributed by atoms with van der Waals surface area (Å²) in [6.45, 7) is 0. The minimum atomic E-state index is -1.10. The fourth-order valence-corrected chi connectivity index (χ4v) is 0. The Kier molecular flexibility index (Phi) is 22.6. The zero-order valence-electron chi connectivity index (χ0n) is 3.66. The SMILES string of the molecule is NO[N+](=O)[O-].[Hg].[Hg]. The van der Waals surface area contributed by atoms with Gasteiger partial charge in [0.25, 0.3) is 0 Å². The molecule has 0 aliphatic heterocycles. The molecule has 0 aliphatic carbocycles. The van der Waals surface area contributed by atoms with E-state index in [9.17, 15) is 0 Å². The molecule has 5 nitrogen and oxygen atoms in total. The molecule has 34 valence electrons. The predicted molar refractivity (Wildman–Crippen MR) is 12.3 cm³/mol. The van der Waals surface area contributed by atoms with Gasteiger partial charge >= 0.3 is 5.09 Å². The zero-order valence-corrected chi connectivity index (χ0v) is 14.7. The monoisotopic (exact) mass is 482 g/mol. The maximum Gasteiger partial charge on any atom is 0.311 e. The van der Waals surface area contributed by atoms with Crippen LogP contribution in [0.15, 0.2) is 0 Å². The molecular formula is H2Hg2N2O3. The Labute approximate surface area is 80.7 Å². The minimum Gasteiger partial charge on any atom is -0.223 e. The largest absolute Gasteiger partial charge is 0.311 e. The molecule has 0 amide bonds. The van der Waals surface area contributed by atoms with Crippen LogP contribution in [0.3, 0.4) is 0 Å². The van der Waals surface area contributed by atoms with Crippen molar-refractivity contribution in [3.8, 4) is 0 Å². The molecule has 0 aromatic rings. The molecule has 0 saturated heterocycles. The summed E-state index contributed by atoms with van der Waals surface area (Å²) in [5.41, 5.74) is 0. The van der Waals surface area contributed by atoms with Crippen LogP contribution in [0.25, 0.3) is 0 Å². The van der Waals surface area contributed by atoms with Crippen LogP contribution in [-0.4, -0.2) is 5.09 Å². The quantitative estimate of drug-likeness (QED) is 0.300. The minimum absolute atomic E-state index is 0. The number of hydrogen-bond donors (Lipinski definition) is 1. The Morgan fingerprint density at radius 2 is 1.71 bits per heavy atom.